The molecule has 0 heterocycles. The Morgan fingerprint density at radius 2 is 1.14 bits per heavy atom. The number of rotatable bonds is 9. The summed E-state index contributed by atoms with van der Waals surface area (Å²) in [5.41, 5.74) is 6.78. The molecule has 0 saturated carbocycles. The summed E-state index contributed by atoms with van der Waals surface area (Å²) in [5.74, 6) is 1.41. The maximum Gasteiger partial charge on any atom is 0.264 e. The first-order valence-corrected chi connectivity index (χ1v) is 16.2. The Hall–Kier alpha value is -4.91. The molecule has 5 nitrogen and oxygen atoms in total. The van der Waals surface area contributed by atoms with Crippen LogP contribution in [0.2, 0.25) is 0 Å². The Morgan fingerprint density at radius 3 is 1.70 bits per heavy atom. The second-order valence-electron chi connectivity index (χ2n) is 10.9. The van der Waals surface area contributed by atoms with E-state index in [0.717, 1.165) is 33.6 Å². The summed E-state index contributed by atoms with van der Waals surface area (Å²) in [5, 5.41) is 4.33. The van der Waals surface area contributed by atoms with Crippen LogP contribution in [-0.4, -0.2) is 27.9 Å². The molecule has 0 amide bonds. The van der Waals surface area contributed by atoms with E-state index in [1.807, 2.05) is 30.3 Å². The van der Waals surface area contributed by atoms with Gasteiger partial charge in [0.15, 0.2) is 0 Å². The lowest BCUT2D eigenvalue weighted by Crippen LogP contribution is -2.28. The fourth-order valence-electron chi connectivity index (χ4n) is 6.54. The van der Waals surface area contributed by atoms with Crippen molar-refractivity contribution in [1.29, 1.82) is 0 Å². The first kappa shape index (κ1) is 27.9. The second-order valence-corrected chi connectivity index (χ2v) is 12.6. The Bertz CT molecular complexity index is 2120. The van der Waals surface area contributed by atoms with Gasteiger partial charge in [-0.25, -0.2) is 0 Å². The lowest BCUT2D eigenvalue weighted by molar-refractivity contribution is 0.222. The van der Waals surface area contributed by atoms with Crippen LogP contribution in [0, 0.1) is 0 Å². The summed E-state index contributed by atoms with van der Waals surface area (Å²) < 4.78 is 38.6. The van der Waals surface area contributed by atoms with Crippen LogP contribution in [0.4, 0.5) is 0 Å². The molecule has 6 aromatic carbocycles. The van der Waals surface area contributed by atoms with E-state index in [0.29, 0.717) is 5.75 Å². The summed E-state index contributed by atoms with van der Waals surface area (Å²) in [6.07, 6.45) is 2.47. The first-order valence-electron chi connectivity index (χ1n) is 14.4. The molecule has 0 bridgehead atoms. The van der Waals surface area contributed by atoms with Crippen molar-refractivity contribution in [2.24, 2.45) is 0 Å². The number of fused-ring (bicyclic) bond motifs is 5. The van der Waals surface area contributed by atoms with Gasteiger partial charge in [-0.2, -0.15) is 8.42 Å². The summed E-state index contributed by atoms with van der Waals surface area (Å²) in [6, 6.07) is 42.8. The van der Waals surface area contributed by atoms with Crippen LogP contribution >= 0.6 is 0 Å². The maximum atomic E-state index is 11.3. The fraction of sp³-hybridized carbons (Fsp3) is 0.105. The highest BCUT2D eigenvalue weighted by Crippen LogP contribution is 2.56. The number of benzene rings is 6. The maximum absolute atomic E-state index is 11.3. The van der Waals surface area contributed by atoms with Gasteiger partial charge >= 0.3 is 0 Å². The molecule has 0 aliphatic heterocycles. The van der Waals surface area contributed by atoms with Crippen LogP contribution in [0.1, 0.15) is 22.3 Å². The van der Waals surface area contributed by atoms with Gasteiger partial charge in [-0.1, -0.05) is 91.5 Å². The van der Waals surface area contributed by atoms with Crippen molar-refractivity contribution >= 4 is 31.7 Å². The molecule has 0 N–H and O–H groups in total. The van der Waals surface area contributed by atoms with Gasteiger partial charge in [0.05, 0.1) is 17.9 Å². The van der Waals surface area contributed by atoms with E-state index in [1.165, 1.54) is 39.6 Å². The van der Waals surface area contributed by atoms with Crippen molar-refractivity contribution in [2.45, 2.75) is 5.41 Å². The minimum atomic E-state index is -3.50. The zero-order valence-corrected chi connectivity index (χ0v) is 25.0. The van der Waals surface area contributed by atoms with Gasteiger partial charge in [-0.05, 0) is 91.3 Å². The fourth-order valence-corrected chi connectivity index (χ4v) is 6.91. The molecule has 0 aromatic heterocycles. The second kappa shape index (κ2) is 11.0. The molecule has 0 saturated heterocycles. The molecule has 0 radical (unpaired) electrons. The van der Waals surface area contributed by atoms with Crippen molar-refractivity contribution in [3.05, 3.63) is 156 Å². The van der Waals surface area contributed by atoms with E-state index in [1.54, 1.807) is 0 Å². The zero-order valence-electron chi connectivity index (χ0n) is 24.2. The zero-order chi connectivity index (χ0) is 30.3. The van der Waals surface area contributed by atoms with Crippen molar-refractivity contribution in [1.82, 2.24) is 0 Å². The molecule has 0 fully saturated rings. The van der Waals surface area contributed by atoms with Crippen LogP contribution in [0.5, 0.6) is 11.5 Å². The van der Waals surface area contributed by atoms with Crippen LogP contribution < -0.4 is 9.47 Å². The van der Waals surface area contributed by atoms with Crippen molar-refractivity contribution in [3.8, 4) is 22.6 Å². The first-order chi connectivity index (χ1) is 21.4. The van der Waals surface area contributed by atoms with E-state index >= 15 is 0 Å². The Kier molecular flexibility index (Phi) is 6.96. The third-order valence-electron chi connectivity index (χ3n) is 8.31. The van der Waals surface area contributed by atoms with E-state index in [2.05, 4.69) is 97.6 Å². The topological polar surface area (TPSA) is 61.8 Å². The quantitative estimate of drug-likeness (QED) is 0.0952. The lowest BCUT2D eigenvalue weighted by Gasteiger charge is -2.34. The van der Waals surface area contributed by atoms with E-state index in [-0.39, 0.29) is 13.2 Å². The third-order valence-corrected chi connectivity index (χ3v) is 8.91. The largest absolute Gasteiger partial charge is 0.491 e. The Balaban J connectivity index is 1.38. The van der Waals surface area contributed by atoms with Crippen LogP contribution in [-0.2, 0) is 19.7 Å². The van der Waals surface area contributed by atoms with Crippen LogP contribution in [0.3, 0.4) is 0 Å². The van der Waals surface area contributed by atoms with Crippen molar-refractivity contribution in [3.63, 3.8) is 0 Å². The standard InChI is InChI=1S/C38H30O5S/c1-3-41-32-18-14-26-22-30(16-12-28(26)24-32)38(36-10-6-4-8-34(36)35-9-5-7-11-37(35)38)31-17-13-29-25-33(19-15-27(29)23-31)42-20-21-43-44(2,39)40/h3-19,22-25H,1,20-21H2,2H3. The highest BCUT2D eigenvalue weighted by molar-refractivity contribution is 7.85. The van der Waals surface area contributed by atoms with Gasteiger partial charge in [0.25, 0.3) is 10.1 Å². The summed E-state index contributed by atoms with van der Waals surface area (Å²) >= 11 is 0. The molecule has 6 aromatic rings. The molecule has 44 heavy (non-hydrogen) atoms. The summed E-state index contributed by atoms with van der Waals surface area (Å²) in [4.78, 5) is 0. The van der Waals surface area contributed by atoms with Crippen LogP contribution in [0.25, 0.3) is 32.7 Å². The highest BCUT2D eigenvalue weighted by atomic mass is 32.2. The Labute approximate surface area is 257 Å². The molecule has 7 rings (SSSR count). The van der Waals surface area contributed by atoms with E-state index in [4.69, 9.17) is 13.7 Å². The molecular weight excluding hydrogens is 568 g/mol. The molecule has 1 aliphatic rings. The minimum Gasteiger partial charge on any atom is -0.491 e. The molecule has 6 heteroatoms. The van der Waals surface area contributed by atoms with Gasteiger partial charge in [-0.3, -0.25) is 4.18 Å². The van der Waals surface area contributed by atoms with Crippen molar-refractivity contribution in [2.75, 3.05) is 19.5 Å². The predicted octanol–water partition coefficient (Wildman–Crippen LogP) is 8.23. The summed E-state index contributed by atoms with van der Waals surface area (Å²) in [6.45, 7) is 3.78. The SMILES string of the molecule is C=COc1ccc2cc(C3(c4ccc5cc(OCCOS(C)(=O)=O)ccc5c4)c4ccccc4-c4ccccc43)ccc2c1. The normalized spacial score (nSPS) is 13.4. The van der Waals surface area contributed by atoms with Gasteiger partial charge < -0.3 is 9.47 Å². The van der Waals surface area contributed by atoms with Crippen LogP contribution in [0.15, 0.2) is 134 Å². The molecule has 0 unspecified atom stereocenters. The van der Waals surface area contributed by atoms with Gasteiger partial charge in [0.1, 0.15) is 24.7 Å². The highest BCUT2D eigenvalue weighted by Gasteiger charge is 2.46. The van der Waals surface area contributed by atoms with E-state index < -0.39 is 15.5 Å². The molecule has 0 spiro atoms. The third kappa shape index (κ3) is 4.82. The Morgan fingerprint density at radius 1 is 0.636 bits per heavy atom. The minimum absolute atomic E-state index is 0.0362. The summed E-state index contributed by atoms with van der Waals surface area (Å²) in [7, 11) is -3.50. The molecule has 218 valence electrons. The number of hydrogen-bond acceptors (Lipinski definition) is 5. The van der Waals surface area contributed by atoms with Gasteiger partial charge in [0, 0.05) is 0 Å². The van der Waals surface area contributed by atoms with E-state index in [9.17, 15) is 8.42 Å². The van der Waals surface area contributed by atoms with Crippen molar-refractivity contribution < 1.29 is 22.1 Å². The average Bonchev–Trinajstić information content (AvgIpc) is 3.33. The van der Waals surface area contributed by atoms with Gasteiger partial charge in [-0.15, -0.1) is 0 Å². The predicted molar refractivity (Wildman–Crippen MR) is 176 cm³/mol. The monoisotopic (exact) mass is 598 g/mol. The molecular formula is C38H30O5S. The number of hydrogen-bond donors (Lipinski definition) is 0. The number of ether oxygens (including phenoxy) is 2. The average molecular weight is 599 g/mol. The van der Waals surface area contributed by atoms with Gasteiger partial charge in [0.2, 0.25) is 0 Å². The molecule has 0 atom stereocenters. The smallest absolute Gasteiger partial charge is 0.264 e. The molecule has 1 aliphatic carbocycles. The lowest BCUT2D eigenvalue weighted by atomic mass is 9.67.